The van der Waals surface area contributed by atoms with Crippen LogP contribution in [-0.4, -0.2) is 60.3 Å². The highest BCUT2D eigenvalue weighted by Gasteiger charge is 2.54. The largest absolute Gasteiger partial charge is 0.490 e. The third-order valence-electron chi connectivity index (χ3n) is 6.46. The summed E-state index contributed by atoms with van der Waals surface area (Å²) in [7, 11) is -22.8. The number of nitrogens with one attached hydrogen (secondary N) is 1. The van der Waals surface area contributed by atoms with Crippen molar-refractivity contribution in [2.45, 2.75) is 37.3 Å². The van der Waals surface area contributed by atoms with E-state index in [1.807, 2.05) is 12.1 Å². The number of ether oxygens (including phenoxy) is 3. The highest BCUT2D eigenvalue weighted by molar-refractivity contribution is 7.73. The Bertz CT molecular complexity index is 1910. The van der Waals surface area contributed by atoms with Crippen LogP contribution >= 0.6 is 42.7 Å². The average molecular weight is 761 g/mol. The van der Waals surface area contributed by atoms with Gasteiger partial charge in [0.2, 0.25) is 0 Å². The van der Waals surface area contributed by atoms with Gasteiger partial charge in [-0.3, -0.25) is 23.4 Å². The van der Waals surface area contributed by atoms with E-state index in [0.717, 1.165) is 46.7 Å². The van der Waals surface area contributed by atoms with Crippen LogP contribution in [0.3, 0.4) is 0 Å². The number of rotatable bonds is 13. The van der Waals surface area contributed by atoms with Gasteiger partial charge < -0.3 is 33.8 Å². The molecule has 9 atom stereocenters. The number of phosphoric ester groups is 1. The fraction of sp³-hybridized carbons (Fsp3) is 0.304. The maximum Gasteiger partial charge on any atom is 0.490 e. The molecule has 256 valence electrons. The molecule has 2 aliphatic heterocycles. The first-order valence-corrected chi connectivity index (χ1v) is 19.5. The Morgan fingerprint density at radius 1 is 0.787 bits per heavy atom. The average Bonchev–Trinajstić information content (AvgIpc) is 3.50. The predicted molar refractivity (Wildman–Crippen MR) is 159 cm³/mol. The molecule has 0 bridgehead atoms. The topological polar surface area (TPSA) is 269 Å². The molecule has 24 heteroatoms. The van der Waals surface area contributed by atoms with Crippen LogP contribution in [0.5, 0.6) is 0 Å². The second-order valence-electron chi connectivity index (χ2n) is 9.85. The van der Waals surface area contributed by atoms with E-state index in [9.17, 15) is 47.4 Å². The number of benzene rings is 2. The molecule has 0 amide bonds. The third-order valence-corrected chi connectivity index (χ3v) is 13.1. The van der Waals surface area contributed by atoms with Crippen molar-refractivity contribution in [3.05, 3.63) is 98.3 Å². The molecule has 0 radical (unpaired) electrons. The fourth-order valence-corrected chi connectivity index (χ4v) is 10.1. The van der Waals surface area contributed by atoms with Gasteiger partial charge >= 0.3 is 36.8 Å². The molecular formula is C23H25ClN2O17P4. The van der Waals surface area contributed by atoms with Gasteiger partial charge in [0.25, 0.3) is 5.56 Å². The zero-order chi connectivity index (χ0) is 34.2. The monoisotopic (exact) mass is 760 g/mol. The molecule has 5 N–H and O–H groups in total. The fourth-order valence-electron chi connectivity index (χ4n) is 4.59. The van der Waals surface area contributed by atoms with Gasteiger partial charge in [0, 0.05) is 23.7 Å². The van der Waals surface area contributed by atoms with Crippen LogP contribution in [-0.2, 0) is 56.3 Å². The van der Waals surface area contributed by atoms with Gasteiger partial charge in [-0.05, 0) is 29.8 Å². The minimum absolute atomic E-state index is 0.141. The number of aromatic nitrogens is 2. The van der Waals surface area contributed by atoms with Crippen molar-refractivity contribution in [2.24, 2.45) is 0 Å². The summed E-state index contributed by atoms with van der Waals surface area (Å²) in [5.41, 5.74) is -0.733. The number of fused-ring (bicyclic) bond motifs is 1. The van der Waals surface area contributed by atoms with Crippen LogP contribution < -0.4 is 16.6 Å². The Labute approximate surface area is 268 Å². The van der Waals surface area contributed by atoms with E-state index in [0.29, 0.717) is 0 Å². The van der Waals surface area contributed by atoms with E-state index in [1.165, 1.54) is 0 Å². The number of halogens is 1. The maximum absolute atomic E-state index is 12.6. The van der Waals surface area contributed by atoms with E-state index in [2.05, 4.69) is 17.9 Å². The first-order chi connectivity index (χ1) is 21.9. The van der Waals surface area contributed by atoms with Crippen LogP contribution in [0.15, 0.2) is 76.4 Å². The van der Waals surface area contributed by atoms with Crippen molar-refractivity contribution in [3.63, 3.8) is 0 Å². The zero-order valence-corrected chi connectivity index (χ0v) is 27.7. The molecule has 47 heavy (non-hydrogen) atoms. The summed E-state index contributed by atoms with van der Waals surface area (Å²) < 4.78 is 85.2. The lowest BCUT2D eigenvalue weighted by Crippen LogP contribution is -2.36. The van der Waals surface area contributed by atoms with E-state index in [-0.39, 0.29) is 11.4 Å². The first kappa shape index (κ1) is 36.2. The Morgan fingerprint density at radius 2 is 1.40 bits per heavy atom. The second-order valence-corrected chi connectivity index (χ2v) is 16.9. The van der Waals surface area contributed by atoms with Crippen molar-refractivity contribution in [3.8, 4) is 0 Å². The number of hydrogen-bond acceptors (Lipinski definition) is 13. The van der Waals surface area contributed by atoms with Crippen LogP contribution in [0.2, 0.25) is 5.02 Å². The summed E-state index contributed by atoms with van der Waals surface area (Å²) in [5, 5.41) is -0.409. The van der Waals surface area contributed by atoms with Gasteiger partial charge in [-0.2, -0.15) is 8.62 Å². The highest BCUT2D eigenvalue weighted by atomic mass is 35.5. The smallest absolute Gasteiger partial charge is 0.346 e. The normalized spacial score (nSPS) is 27.6. The van der Waals surface area contributed by atoms with Gasteiger partial charge in [0.1, 0.15) is 18.3 Å². The molecule has 5 rings (SSSR count). The molecule has 19 nitrogen and oxygen atoms in total. The molecule has 1 aromatic heterocycles. The molecule has 2 fully saturated rings. The van der Waals surface area contributed by atoms with Gasteiger partial charge in [0.05, 0.1) is 11.9 Å². The Kier molecular flexibility index (Phi) is 10.8. The standard InChI is InChI=1S/C23H25ClN2O17P4/c24-15-6-8-16(9-7-15)44(29,30)41-46(33,34)43-47(35,36)42-45(31,32)37-13-17-20-21(22(38-17)26-11-10-18(27)25-23(26)28)40-19(39-20)12-14-4-2-1-3-5-14/h1-11,17,19-22H,12-13H2,(H,29,30)(H,31,32)(H,33,34)(H,35,36)(H,25,27,28). The zero-order valence-electron chi connectivity index (χ0n) is 23.4. The summed E-state index contributed by atoms with van der Waals surface area (Å²) in [6.07, 6.45) is -4.09. The molecule has 3 aromatic rings. The van der Waals surface area contributed by atoms with Gasteiger partial charge in [-0.15, -0.1) is 0 Å². The van der Waals surface area contributed by atoms with Gasteiger partial charge in [-0.25, -0.2) is 22.8 Å². The van der Waals surface area contributed by atoms with Gasteiger partial charge in [-0.1, -0.05) is 41.9 Å². The maximum atomic E-state index is 12.6. The molecule has 2 saturated heterocycles. The van der Waals surface area contributed by atoms with Crippen molar-refractivity contribution < 1.29 is 69.5 Å². The van der Waals surface area contributed by atoms with Crippen LogP contribution in [0.4, 0.5) is 0 Å². The summed E-state index contributed by atoms with van der Waals surface area (Å²) in [4.78, 5) is 66.0. The molecule has 9 unspecified atom stereocenters. The van der Waals surface area contributed by atoms with Crippen molar-refractivity contribution in [1.29, 1.82) is 0 Å². The van der Waals surface area contributed by atoms with E-state index in [1.54, 1.807) is 18.2 Å². The molecule has 0 saturated carbocycles. The van der Waals surface area contributed by atoms with Crippen molar-refractivity contribution in [2.75, 3.05) is 6.61 Å². The molecular weight excluding hydrogens is 736 g/mol. The summed E-state index contributed by atoms with van der Waals surface area (Å²) >= 11 is 5.68. The van der Waals surface area contributed by atoms with E-state index < -0.39 is 85.1 Å². The summed E-state index contributed by atoms with van der Waals surface area (Å²) in [5.74, 6) is 0. The van der Waals surface area contributed by atoms with Crippen molar-refractivity contribution >= 4 is 48.0 Å². The van der Waals surface area contributed by atoms with Crippen LogP contribution in [0, 0.1) is 0 Å². The van der Waals surface area contributed by atoms with Crippen molar-refractivity contribution in [1.82, 2.24) is 9.55 Å². The van der Waals surface area contributed by atoms with Gasteiger partial charge in [0.15, 0.2) is 12.5 Å². The molecule has 0 aliphatic carbocycles. The Morgan fingerprint density at radius 3 is 2.06 bits per heavy atom. The number of hydrogen-bond donors (Lipinski definition) is 5. The minimum Gasteiger partial charge on any atom is -0.346 e. The summed E-state index contributed by atoms with van der Waals surface area (Å²) in [6, 6.07) is 14.3. The van der Waals surface area contributed by atoms with Crippen LogP contribution in [0.25, 0.3) is 0 Å². The lowest BCUT2D eigenvalue weighted by atomic mass is 10.1. The van der Waals surface area contributed by atoms with Crippen LogP contribution in [0.1, 0.15) is 11.8 Å². The highest BCUT2D eigenvalue weighted by Crippen LogP contribution is 2.71. The predicted octanol–water partition coefficient (Wildman–Crippen LogP) is 2.32. The number of phosphoric acid groups is 3. The lowest BCUT2D eigenvalue weighted by molar-refractivity contribution is -0.150. The lowest BCUT2D eigenvalue weighted by Gasteiger charge is -2.22. The number of aromatic amines is 1. The second kappa shape index (κ2) is 14.0. The SMILES string of the molecule is O=c1ccn(C2OC(COP(=O)(O)OP(=O)(O)OP(=O)(O)OP(=O)(O)c3ccc(Cl)cc3)C3OC(Cc4ccccc4)OC32)c(=O)[nH]1. The Hall–Kier alpha value is -2.11. The third kappa shape index (κ3) is 9.32. The number of H-pyrrole nitrogens is 1. The minimum atomic E-state index is -6.03. The molecule has 0 spiro atoms. The molecule has 2 aromatic carbocycles. The first-order valence-electron chi connectivity index (χ1n) is 13.1. The van der Waals surface area contributed by atoms with E-state index >= 15 is 0 Å². The molecule has 2 aliphatic rings. The summed E-state index contributed by atoms with van der Waals surface area (Å²) in [6.45, 7) is -0.902. The number of nitrogens with zero attached hydrogens (tertiary/aromatic N) is 1. The molecule has 3 heterocycles. The quantitative estimate of drug-likeness (QED) is 0.156. The Balaban J connectivity index is 1.26. The van der Waals surface area contributed by atoms with E-state index in [4.69, 9.17) is 30.3 Å².